The summed E-state index contributed by atoms with van der Waals surface area (Å²) in [6.45, 7) is 2.57. The van der Waals surface area contributed by atoms with Gasteiger partial charge in [0.25, 0.3) is 0 Å². The van der Waals surface area contributed by atoms with Crippen LogP contribution in [0.1, 0.15) is 27.0 Å². The molecule has 0 aliphatic carbocycles. The molecule has 0 unspecified atom stereocenters. The minimum absolute atomic E-state index is 0.0874. The van der Waals surface area contributed by atoms with Crippen LogP contribution in [0.2, 0.25) is 0 Å². The lowest BCUT2D eigenvalue weighted by Gasteiger charge is -2.15. The van der Waals surface area contributed by atoms with Gasteiger partial charge in [-0.2, -0.15) is 0 Å². The number of carbonyl (C=O) groups excluding carboxylic acids is 1. The molecule has 0 amide bonds. The van der Waals surface area contributed by atoms with Crippen LogP contribution in [-0.4, -0.2) is 64.0 Å². The molecule has 0 radical (unpaired) electrons. The van der Waals surface area contributed by atoms with E-state index < -0.39 is 0 Å². The summed E-state index contributed by atoms with van der Waals surface area (Å²) >= 11 is 0. The molecule has 3 aromatic rings. The molecule has 35 heavy (non-hydrogen) atoms. The van der Waals surface area contributed by atoms with E-state index in [4.69, 9.17) is 9.47 Å². The average molecular weight is 473 g/mol. The topological polar surface area (TPSA) is 42.0 Å². The van der Waals surface area contributed by atoms with Crippen LogP contribution in [-0.2, 0) is 17.9 Å². The number of ketones is 1. The molecule has 0 aliphatic rings. The van der Waals surface area contributed by atoms with E-state index in [0.29, 0.717) is 24.5 Å². The van der Waals surface area contributed by atoms with Crippen molar-refractivity contribution >= 4 is 11.9 Å². The summed E-state index contributed by atoms with van der Waals surface area (Å²) in [5, 5.41) is 0. The van der Waals surface area contributed by atoms with E-state index in [9.17, 15) is 4.79 Å². The molecule has 0 saturated carbocycles. The second-order valence-corrected chi connectivity index (χ2v) is 9.09. The van der Waals surface area contributed by atoms with Crippen molar-refractivity contribution in [2.75, 3.05) is 48.5 Å². The van der Waals surface area contributed by atoms with Crippen molar-refractivity contribution < 1.29 is 14.3 Å². The summed E-state index contributed by atoms with van der Waals surface area (Å²) in [4.78, 5) is 17.6. The predicted molar refractivity (Wildman–Crippen MR) is 144 cm³/mol. The summed E-state index contributed by atoms with van der Waals surface area (Å²) in [6.07, 6.45) is 3.55. The Morgan fingerprint density at radius 2 is 1.60 bits per heavy atom. The number of ether oxygens (including phenoxy) is 2. The third kappa shape index (κ3) is 7.62. The summed E-state index contributed by atoms with van der Waals surface area (Å²) in [5.74, 6) is 0.506. The Morgan fingerprint density at radius 3 is 2.31 bits per heavy atom. The average Bonchev–Trinajstić information content (AvgIpc) is 2.83. The smallest absolute Gasteiger partial charge is 0.189 e. The molecule has 0 fully saturated rings. The highest BCUT2D eigenvalue weighted by atomic mass is 16.5. The molecule has 0 N–H and O–H groups in total. The van der Waals surface area contributed by atoms with Crippen LogP contribution in [0.3, 0.4) is 0 Å². The molecule has 0 atom stereocenters. The zero-order valence-electron chi connectivity index (χ0n) is 21.5. The molecule has 5 nitrogen and oxygen atoms in total. The van der Waals surface area contributed by atoms with Gasteiger partial charge < -0.3 is 19.3 Å². The number of benzene rings is 3. The maximum atomic E-state index is 13.5. The molecule has 0 aliphatic heterocycles. The third-order valence-corrected chi connectivity index (χ3v) is 5.63. The Balaban J connectivity index is 1.97. The summed E-state index contributed by atoms with van der Waals surface area (Å²) in [6, 6.07) is 22.1. The Kier molecular flexibility index (Phi) is 9.79. The van der Waals surface area contributed by atoms with E-state index in [-0.39, 0.29) is 5.78 Å². The molecule has 0 heterocycles. The van der Waals surface area contributed by atoms with Crippen molar-refractivity contribution in [2.24, 2.45) is 0 Å². The van der Waals surface area contributed by atoms with Crippen molar-refractivity contribution in [3.8, 4) is 16.9 Å². The first-order valence-corrected chi connectivity index (χ1v) is 11.8. The molecular formula is C30H36N2O3. The highest BCUT2D eigenvalue weighted by Gasteiger charge is 2.14. The molecule has 0 saturated heterocycles. The monoisotopic (exact) mass is 472 g/mol. The zero-order chi connectivity index (χ0) is 25.2. The van der Waals surface area contributed by atoms with Gasteiger partial charge in [0.2, 0.25) is 0 Å². The van der Waals surface area contributed by atoms with E-state index in [0.717, 1.165) is 35.3 Å². The number of nitrogens with zero attached hydrogens (tertiary/aromatic N) is 2. The van der Waals surface area contributed by atoms with Crippen LogP contribution >= 0.6 is 0 Å². The molecule has 3 rings (SSSR count). The first-order valence-electron chi connectivity index (χ1n) is 11.8. The van der Waals surface area contributed by atoms with Crippen molar-refractivity contribution in [1.82, 2.24) is 9.80 Å². The van der Waals surface area contributed by atoms with Crippen molar-refractivity contribution in [3.05, 3.63) is 95.1 Å². The summed E-state index contributed by atoms with van der Waals surface area (Å²) in [5.41, 5.74) is 5.83. The first kappa shape index (κ1) is 26.4. The molecule has 5 heteroatoms. The second-order valence-electron chi connectivity index (χ2n) is 9.09. The predicted octanol–water partition coefficient (Wildman–Crippen LogP) is 5.40. The fourth-order valence-corrected chi connectivity index (χ4v) is 3.87. The number of carbonyl (C=O) groups is 1. The number of hydrogen-bond acceptors (Lipinski definition) is 5. The molecule has 0 bridgehead atoms. The van der Waals surface area contributed by atoms with Crippen LogP contribution < -0.4 is 4.74 Å². The first-order chi connectivity index (χ1) is 16.9. The van der Waals surface area contributed by atoms with E-state index in [1.54, 1.807) is 13.2 Å². The Morgan fingerprint density at radius 1 is 0.886 bits per heavy atom. The number of hydrogen-bond donors (Lipinski definition) is 0. The van der Waals surface area contributed by atoms with Gasteiger partial charge in [-0.3, -0.25) is 4.79 Å². The van der Waals surface area contributed by atoms with Gasteiger partial charge in [-0.1, -0.05) is 60.7 Å². The van der Waals surface area contributed by atoms with Gasteiger partial charge in [-0.05, 0) is 74.2 Å². The fourth-order valence-electron chi connectivity index (χ4n) is 3.87. The van der Waals surface area contributed by atoms with E-state index in [2.05, 4.69) is 21.9 Å². The largest absolute Gasteiger partial charge is 0.491 e. The van der Waals surface area contributed by atoms with Crippen LogP contribution in [0, 0.1) is 0 Å². The maximum Gasteiger partial charge on any atom is 0.189 e. The molecule has 0 aromatic heterocycles. The van der Waals surface area contributed by atoms with Crippen LogP contribution in [0.4, 0.5) is 0 Å². The van der Waals surface area contributed by atoms with Crippen LogP contribution in [0.15, 0.2) is 72.8 Å². The van der Waals surface area contributed by atoms with Gasteiger partial charge >= 0.3 is 0 Å². The van der Waals surface area contributed by atoms with Crippen molar-refractivity contribution in [3.63, 3.8) is 0 Å². The fraction of sp³-hybridized carbons (Fsp3) is 0.300. The molecule has 3 aromatic carbocycles. The standard InChI is InChI=1S/C30H36N2O3/c1-31(2)18-19-35-30-17-15-24(27-13-9-8-12-26(27)22-34-5)20-28(30)29(33)16-14-23-10-6-7-11-25(23)21-32(3)4/h6-17,20H,18-19,21-22H2,1-5H3/b16-14+. The highest BCUT2D eigenvalue weighted by Crippen LogP contribution is 2.30. The molecule has 184 valence electrons. The number of likely N-dealkylation sites (N-methyl/N-ethyl adjacent to an activating group) is 1. The summed E-state index contributed by atoms with van der Waals surface area (Å²) < 4.78 is 11.4. The lowest BCUT2D eigenvalue weighted by molar-refractivity contribution is 0.104. The number of rotatable bonds is 12. The normalized spacial score (nSPS) is 11.5. The van der Waals surface area contributed by atoms with E-state index in [1.807, 2.05) is 88.9 Å². The molecule has 0 spiro atoms. The van der Waals surface area contributed by atoms with Gasteiger partial charge in [0.1, 0.15) is 12.4 Å². The van der Waals surface area contributed by atoms with Crippen molar-refractivity contribution in [2.45, 2.75) is 13.2 Å². The maximum absolute atomic E-state index is 13.5. The van der Waals surface area contributed by atoms with Crippen LogP contribution in [0.5, 0.6) is 5.75 Å². The lowest BCUT2D eigenvalue weighted by Crippen LogP contribution is -2.20. The number of allylic oxidation sites excluding steroid dienone is 1. The number of methoxy groups -OCH3 is 1. The Labute approximate surface area is 209 Å². The van der Waals surface area contributed by atoms with Gasteiger partial charge in [-0.15, -0.1) is 0 Å². The second kappa shape index (κ2) is 13.0. The Hall–Kier alpha value is -3.25. The van der Waals surface area contributed by atoms with Gasteiger partial charge in [0, 0.05) is 20.2 Å². The Bertz CT molecular complexity index is 1150. The SMILES string of the molecule is COCc1ccccc1-c1ccc(OCCN(C)C)c(C(=O)/C=C/c2ccccc2CN(C)C)c1. The van der Waals surface area contributed by atoms with Gasteiger partial charge in [0.15, 0.2) is 5.78 Å². The quantitative estimate of drug-likeness (QED) is 0.261. The van der Waals surface area contributed by atoms with E-state index >= 15 is 0 Å². The minimum Gasteiger partial charge on any atom is -0.491 e. The van der Waals surface area contributed by atoms with E-state index in [1.165, 1.54) is 5.56 Å². The van der Waals surface area contributed by atoms with Gasteiger partial charge in [0.05, 0.1) is 12.2 Å². The van der Waals surface area contributed by atoms with Crippen molar-refractivity contribution in [1.29, 1.82) is 0 Å². The lowest BCUT2D eigenvalue weighted by atomic mass is 9.96. The third-order valence-electron chi connectivity index (χ3n) is 5.63. The van der Waals surface area contributed by atoms with Gasteiger partial charge in [-0.25, -0.2) is 0 Å². The zero-order valence-corrected chi connectivity index (χ0v) is 21.5. The van der Waals surface area contributed by atoms with Crippen LogP contribution in [0.25, 0.3) is 17.2 Å². The molecular weight excluding hydrogens is 436 g/mol. The highest BCUT2D eigenvalue weighted by molar-refractivity contribution is 6.09. The minimum atomic E-state index is -0.0874. The summed E-state index contributed by atoms with van der Waals surface area (Å²) in [7, 11) is 9.76.